The summed E-state index contributed by atoms with van der Waals surface area (Å²) < 4.78 is 28.0. The number of rotatable bonds is 28. The first-order valence-electron chi connectivity index (χ1n) is 18.3. The summed E-state index contributed by atoms with van der Waals surface area (Å²) in [5, 5.41) is 29.3. The molecule has 1 heterocycles. The van der Waals surface area contributed by atoms with Crippen molar-refractivity contribution in [1.29, 1.82) is 0 Å². The van der Waals surface area contributed by atoms with E-state index >= 15 is 0 Å². The zero-order valence-electron chi connectivity index (χ0n) is 30.5. The van der Waals surface area contributed by atoms with Crippen molar-refractivity contribution in [3.8, 4) is 0 Å². The van der Waals surface area contributed by atoms with Gasteiger partial charge in [0.1, 0.15) is 24.9 Å². The molecule has 0 spiro atoms. The third kappa shape index (κ3) is 20.3. The fourth-order valence-corrected chi connectivity index (χ4v) is 5.22. The Hall–Kier alpha value is -2.62. The fourth-order valence-electron chi connectivity index (χ4n) is 5.22. The second-order valence-electron chi connectivity index (χ2n) is 12.6. The second kappa shape index (κ2) is 28.0. The Morgan fingerprint density at radius 3 is 1.92 bits per heavy atom. The van der Waals surface area contributed by atoms with Gasteiger partial charge in [-0.05, 0) is 32.1 Å². The first-order chi connectivity index (χ1) is 24.0. The minimum absolute atomic E-state index is 0.00334. The van der Waals surface area contributed by atoms with Gasteiger partial charge in [0.05, 0.1) is 13.2 Å². The largest absolute Gasteiger partial charge is 0.463 e. The normalized spacial score (nSPS) is 21.8. The average Bonchev–Trinajstić information content (AvgIpc) is 3.08. The number of hydrogen-bond donors (Lipinski definition) is 3. The highest BCUT2D eigenvalue weighted by Gasteiger charge is 2.53. The number of ether oxygens (including phenoxy) is 5. The minimum atomic E-state index is -1.57. The highest BCUT2D eigenvalue weighted by molar-refractivity contribution is 5.70. The van der Waals surface area contributed by atoms with E-state index in [1.807, 2.05) is 6.08 Å². The van der Waals surface area contributed by atoms with Crippen molar-refractivity contribution in [1.82, 2.24) is 0 Å². The van der Waals surface area contributed by atoms with Gasteiger partial charge in [0.15, 0.2) is 24.6 Å². The summed E-state index contributed by atoms with van der Waals surface area (Å²) in [6, 6.07) is 0. The van der Waals surface area contributed by atoms with Crippen LogP contribution in [0.1, 0.15) is 130 Å². The summed E-state index contributed by atoms with van der Waals surface area (Å²) in [6.07, 6.45) is 7.36. The molecule has 0 aromatic heterocycles. The lowest BCUT2D eigenvalue weighted by Gasteiger charge is -2.43. The summed E-state index contributed by atoms with van der Waals surface area (Å²) >= 11 is 0. The van der Waals surface area contributed by atoms with Gasteiger partial charge >= 0.3 is 23.9 Å². The SMILES string of the molecule is CCCCCC/C=C/CCCC(=O)O[C@@H]1[C@H](OOC(=O)CCCCCCCCC)[C@H](OC[C@H](O)[C@H](O)CO)O[C@H](COC(C)=O)[C@H]1OC(C)=O. The highest BCUT2D eigenvalue weighted by Crippen LogP contribution is 2.31. The summed E-state index contributed by atoms with van der Waals surface area (Å²) in [5.41, 5.74) is 0. The number of unbranched alkanes of at least 4 members (excludes halogenated alkanes) is 11. The predicted octanol–water partition coefficient (Wildman–Crippen LogP) is 4.53. The Kier molecular flexibility index (Phi) is 25.4. The van der Waals surface area contributed by atoms with E-state index in [9.17, 15) is 34.5 Å². The highest BCUT2D eigenvalue weighted by atomic mass is 17.2. The van der Waals surface area contributed by atoms with E-state index in [4.69, 9.17) is 33.5 Å². The Labute approximate surface area is 297 Å². The van der Waals surface area contributed by atoms with Gasteiger partial charge in [-0.25, -0.2) is 4.79 Å². The molecule has 0 saturated carbocycles. The number of carbonyl (C=O) groups excluding carboxylic acids is 4. The van der Waals surface area contributed by atoms with Crippen LogP contribution in [0.15, 0.2) is 12.2 Å². The first-order valence-corrected chi connectivity index (χ1v) is 18.3. The van der Waals surface area contributed by atoms with Crippen LogP contribution in [0.3, 0.4) is 0 Å². The minimum Gasteiger partial charge on any atom is -0.463 e. The quantitative estimate of drug-likeness (QED) is 0.0255. The van der Waals surface area contributed by atoms with Gasteiger partial charge in [-0.2, -0.15) is 4.89 Å². The topological polar surface area (TPSA) is 194 Å². The number of aliphatic hydroxyl groups is 3. The van der Waals surface area contributed by atoms with Crippen molar-refractivity contribution in [3.05, 3.63) is 12.2 Å². The Bertz CT molecular complexity index is 972. The van der Waals surface area contributed by atoms with Crippen LogP contribution in [-0.4, -0.2) is 102 Å². The third-order valence-corrected chi connectivity index (χ3v) is 8.05. The summed E-state index contributed by atoms with van der Waals surface area (Å²) in [4.78, 5) is 60.3. The van der Waals surface area contributed by atoms with Crippen LogP contribution in [0.2, 0.25) is 0 Å². The number of esters is 3. The van der Waals surface area contributed by atoms with Crippen molar-refractivity contribution < 1.29 is 68.0 Å². The van der Waals surface area contributed by atoms with Gasteiger partial charge in [0.25, 0.3) is 0 Å². The Morgan fingerprint density at radius 1 is 0.700 bits per heavy atom. The average molecular weight is 719 g/mol. The van der Waals surface area contributed by atoms with E-state index in [1.54, 1.807) is 0 Å². The molecule has 0 radical (unpaired) electrons. The molecular formula is C36H62O14. The van der Waals surface area contributed by atoms with Crippen molar-refractivity contribution in [2.24, 2.45) is 0 Å². The fraction of sp³-hybridized carbons (Fsp3) is 0.833. The summed E-state index contributed by atoms with van der Waals surface area (Å²) in [6.45, 7) is 4.79. The number of allylic oxidation sites excluding steroid dienone is 2. The van der Waals surface area contributed by atoms with E-state index in [1.165, 1.54) is 12.8 Å². The first kappa shape index (κ1) is 45.4. The van der Waals surface area contributed by atoms with Crippen LogP contribution in [-0.2, 0) is 52.6 Å². The van der Waals surface area contributed by atoms with Crippen molar-refractivity contribution in [3.63, 3.8) is 0 Å². The van der Waals surface area contributed by atoms with Gasteiger partial charge in [-0.1, -0.05) is 83.8 Å². The Balaban J connectivity index is 3.15. The molecule has 0 unspecified atom stereocenters. The smallest absolute Gasteiger partial charge is 0.342 e. The number of carbonyl (C=O) groups is 4. The molecule has 50 heavy (non-hydrogen) atoms. The van der Waals surface area contributed by atoms with Gasteiger partial charge in [-0.15, -0.1) is 0 Å². The van der Waals surface area contributed by atoms with Crippen LogP contribution in [0.5, 0.6) is 0 Å². The maximum atomic E-state index is 13.2. The van der Waals surface area contributed by atoms with Crippen LogP contribution >= 0.6 is 0 Å². The van der Waals surface area contributed by atoms with E-state index < -0.39 is 86.6 Å². The molecule has 1 saturated heterocycles. The molecule has 0 aromatic carbocycles. The zero-order valence-corrected chi connectivity index (χ0v) is 30.5. The Morgan fingerprint density at radius 2 is 1.30 bits per heavy atom. The molecule has 0 aliphatic carbocycles. The maximum Gasteiger partial charge on any atom is 0.342 e. The van der Waals surface area contributed by atoms with Gasteiger partial charge in [0.2, 0.25) is 0 Å². The van der Waals surface area contributed by atoms with E-state index in [0.717, 1.165) is 71.6 Å². The van der Waals surface area contributed by atoms with E-state index in [-0.39, 0.29) is 12.8 Å². The molecule has 14 nitrogen and oxygen atoms in total. The lowest BCUT2D eigenvalue weighted by atomic mass is 9.98. The maximum absolute atomic E-state index is 13.2. The molecular weight excluding hydrogens is 656 g/mol. The van der Waals surface area contributed by atoms with Crippen LogP contribution < -0.4 is 0 Å². The third-order valence-electron chi connectivity index (χ3n) is 8.05. The molecule has 0 aromatic rings. The molecule has 1 aliphatic rings. The monoisotopic (exact) mass is 718 g/mol. The summed E-state index contributed by atoms with van der Waals surface area (Å²) in [5.74, 6) is -2.81. The molecule has 0 amide bonds. The van der Waals surface area contributed by atoms with Crippen molar-refractivity contribution in [2.75, 3.05) is 19.8 Å². The molecule has 7 atom stereocenters. The van der Waals surface area contributed by atoms with E-state index in [0.29, 0.717) is 19.3 Å². The van der Waals surface area contributed by atoms with Crippen LogP contribution in [0, 0.1) is 0 Å². The second-order valence-corrected chi connectivity index (χ2v) is 12.6. The standard InChI is InChI=1S/C36H62O14/c1-5-7-9-11-13-14-16-17-19-21-31(42)48-34-33(46-27(4)39)30(25-44-26(3)38)47-36(45-24-29(41)28(40)23-37)35(34)50-49-32(43)22-20-18-15-12-10-8-6-2/h14,16,28-30,33-37,40-41H,5-13,15,17-25H2,1-4H3/b16-14+/t28-,29+,30-,33-,34+,35+,36-/m1/s1. The van der Waals surface area contributed by atoms with Crippen molar-refractivity contribution >= 4 is 23.9 Å². The molecule has 3 N–H and O–H groups in total. The van der Waals surface area contributed by atoms with Gasteiger partial charge in [-0.3, -0.25) is 19.3 Å². The van der Waals surface area contributed by atoms with Crippen LogP contribution in [0.4, 0.5) is 0 Å². The lowest BCUT2D eigenvalue weighted by Crippen LogP contribution is -2.63. The number of hydrogen-bond acceptors (Lipinski definition) is 14. The van der Waals surface area contributed by atoms with E-state index in [2.05, 4.69) is 19.9 Å². The zero-order chi connectivity index (χ0) is 37.1. The van der Waals surface area contributed by atoms with Crippen LogP contribution in [0.25, 0.3) is 0 Å². The van der Waals surface area contributed by atoms with Crippen molar-refractivity contribution in [2.45, 2.75) is 173 Å². The molecule has 1 fully saturated rings. The van der Waals surface area contributed by atoms with Gasteiger partial charge < -0.3 is 39.0 Å². The molecule has 1 aliphatic heterocycles. The molecule has 0 bridgehead atoms. The molecule has 290 valence electrons. The summed E-state index contributed by atoms with van der Waals surface area (Å²) in [7, 11) is 0. The molecule has 1 rings (SSSR count). The number of aliphatic hydroxyl groups excluding tert-OH is 3. The molecule has 14 heteroatoms. The lowest BCUT2D eigenvalue weighted by molar-refractivity contribution is -0.391. The van der Waals surface area contributed by atoms with Gasteiger partial charge in [0, 0.05) is 26.7 Å². The predicted molar refractivity (Wildman–Crippen MR) is 181 cm³/mol.